The normalized spacial score (nSPS) is 19.6. The number of benzene rings is 3. The van der Waals surface area contributed by atoms with E-state index in [2.05, 4.69) is 10.1 Å². The molecule has 1 N–H and O–H groups in total. The average molecular weight is 426 g/mol. The lowest BCUT2D eigenvalue weighted by Gasteiger charge is -2.31. The highest BCUT2D eigenvalue weighted by Gasteiger charge is 2.51. The Bertz CT molecular complexity index is 1190. The van der Waals surface area contributed by atoms with Crippen molar-refractivity contribution in [2.75, 3.05) is 20.2 Å². The highest BCUT2D eigenvalue weighted by molar-refractivity contribution is 6.03. The van der Waals surface area contributed by atoms with Gasteiger partial charge in [-0.15, -0.1) is 0 Å². The van der Waals surface area contributed by atoms with Gasteiger partial charge in [0.2, 0.25) is 0 Å². The summed E-state index contributed by atoms with van der Waals surface area (Å²) in [6.45, 7) is 1.01. The number of nitrogens with one attached hydrogen (secondary N) is 1. The standard InChI is InChI=1S/C26H25N4O2/c1-32-29-21-16-17-30(18-21,26-27-22-14-8-9-15-23(22)28-26)25(31)24(19-10-4-2-5-11-19)20-12-6-3-7-13-20/h2-15,24H,16-18H2,1H3,(H,27,28)/q+1. The number of amides is 1. The van der Waals surface area contributed by atoms with E-state index < -0.39 is 5.92 Å². The lowest BCUT2D eigenvalue weighted by molar-refractivity contribution is -0.130. The van der Waals surface area contributed by atoms with Crippen LogP contribution in [0.4, 0.5) is 5.95 Å². The molecular formula is C26H25N4O2+. The first kappa shape index (κ1) is 20.2. The molecule has 0 spiro atoms. The number of carbonyl (C=O) groups is 1. The van der Waals surface area contributed by atoms with E-state index in [-0.39, 0.29) is 10.4 Å². The molecule has 0 aliphatic carbocycles. The number of imidazole rings is 1. The monoisotopic (exact) mass is 425 g/mol. The number of oxime groups is 1. The molecule has 160 valence electrons. The second-order valence-electron chi connectivity index (χ2n) is 8.11. The van der Waals surface area contributed by atoms with Crippen molar-refractivity contribution < 1.29 is 9.63 Å². The summed E-state index contributed by atoms with van der Waals surface area (Å²) in [7, 11) is 1.54. The lowest BCUT2D eigenvalue weighted by Crippen LogP contribution is -2.55. The van der Waals surface area contributed by atoms with Gasteiger partial charge in [-0.1, -0.05) is 78.0 Å². The zero-order valence-electron chi connectivity index (χ0n) is 17.9. The third-order valence-electron chi connectivity index (χ3n) is 6.17. The number of rotatable bonds is 5. The smallest absolute Gasteiger partial charge is 0.333 e. The molecule has 1 unspecified atom stereocenters. The van der Waals surface area contributed by atoms with Crippen molar-refractivity contribution in [3.05, 3.63) is 96.1 Å². The average Bonchev–Trinajstić information content (AvgIpc) is 3.46. The van der Waals surface area contributed by atoms with Crippen molar-refractivity contribution in [1.82, 2.24) is 14.5 Å². The van der Waals surface area contributed by atoms with E-state index in [1.807, 2.05) is 84.9 Å². The second-order valence-corrected chi connectivity index (χ2v) is 8.11. The van der Waals surface area contributed by atoms with Gasteiger partial charge in [0, 0.05) is 6.42 Å². The van der Waals surface area contributed by atoms with Gasteiger partial charge in [-0.25, -0.2) is 4.79 Å². The number of H-pyrrole nitrogens is 1. The number of aromatic amines is 1. The number of hydrogen-bond donors (Lipinski definition) is 1. The third-order valence-corrected chi connectivity index (χ3v) is 6.17. The Morgan fingerprint density at radius 2 is 1.59 bits per heavy atom. The van der Waals surface area contributed by atoms with E-state index in [0.717, 1.165) is 27.9 Å². The molecule has 1 fully saturated rings. The summed E-state index contributed by atoms with van der Waals surface area (Å²) in [4.78, 5) is 27.8. The van der Waals surface area contributed by atoms with Gasteiger partial charge in [0.1, 0.15) is 25.3 Å². The number of likely N-dealkylation sites (tertiary alicyclic amines) is 1. The summed E-state index contributed by atoms with van der Waals surface area (Å²) in [5, 5.41) is 4.19. The largest absolute Gasteiger partial charge is 0.399 e. The van der Waals surface area contributed by atoms with Crippen LogP contribution in [0.5, 0.6) is 0 Å². The van der Waals surface area contributed by atoms with E-state index in [9.17, 15) is 4.79 Å². The quantitative estimate of drug-likeness (QED) is 0.374. The second kappa shape index (κ2) is 8.40. The van der Waals surface area contributed by atoms with Crippen LogP contribution in [-0.4, -0.2) is 41.8 Å². The molecule has 0 radical (unpaired) electrons. The number of aromatic nitrogens is 2. The predicted octanol–water partition coefficient (Wildman–Crippen LogP) is 4.64. The Balaban J connectivity index is 1.68. The van der Waals surface area contributed by atoms with Crippen LogP contribution in [0.2, 0.25) is 0 Å². The first-order valence-corrected chi connectivity index (χ1v) is 10.8. The lowest BCUT2D eigenvalue weighted by atomic mass is 9.89. The molecule has 1 aromatic heterocycles. The molecule has 0 saturated carbocycles. The molecule has 1 amide bonds. The van der Waals surface area contributed by atoms with Crippen molar-refractivity contribution in [2.45, 2.75) is 12.3 Å². The first-order valence-electron chi connectivity index (χ1n) is 10.8. The van der Waals surface area contributed by atoms with Crippen LogP contribution in [0.15, 0.2) is 90.1 Å². The van der Waals surface area contributed by atoms with Crippen molar-refractivity contribution in [3.63, 3.8) is 0 Å². The molecule has 32 heavy (non-hydrogen) atoms. The van der Waals surface area contributed by atoms with Crippen molar-refractivity contribution >= 4 is 28.6 Å². The SMILES string of the molecule is CON=C1CC[N+](C(=O)C(c2ccccc2)c2ccccc2)(c2nc3ccccc3[nH]2)C1. The molecule has 1 saturated heterocycles. The predicted molar refractivity (Wildman–Crippen MR) is 126 cm³/mol. The minimum absolute atomic E-state index is 0.0720. The third kappa shape index (κ3) is 3.48. The van der Waals surface area contributed by atoms with E-state index >= 15 is 0 Å². The Kier molecular flexibility index (Phi) is 5.29. The van der Waals surface area contributed by atoms with Crippen LogP contribution in [0.25, 0.3) is 11.0 Å². The highest BCUT2D eigenvalue weighted by Crippen LogP contribution is 2.36. The maximum Gasteiger partial charge on any atom is 0.333 e. The summed E-state index contributed by atoms with van der Waals surface area (Å²) >= 11 is 0. The number of fused-ring (bicyclic) bond motifs is 1. The van der Waals surface area contributed by atoms with Gasteiger partial charge in [-0.05, 0) is 23.3 Å². The van der Waals surface area contributed by atoms with Crippen molar-refractivity contribution in [3.8, 4) is 0 Å². The van der Waals surface area contributed by atoms with Gasteiger partial charge in [-0.3, -0.25) is 4.98 Å². The van der Waals surface area contributed by atoms with Gasteiger partial charge in [-0.2, -0.15) is 9.47 Å². The Morgan fingerprint density at radius 1 is 0.969 bits per heavy atom. The fourth-order valence-electron chi connectivity index (χ4n) is 4.62. The molecule has 1 atom stereocenters. The number of nitrogens with zero attached hydrogens (tertiary/aromatic N) is 3. The maximum atomic E-state index is 14.5. The van der Waals surface area contributed by atoms with Crippen LogP contribution in [0.3, 0.4) is 0 Å². The van der Waals surface area contributed by atoms with Crippen molar-refractivity contribution in [2.24, 2.45) is 5.16 Å². The van der Waals surface area contributed by atoms with Gasteiger partial charge >= 0.3 is 11.9 Å². The molecule has 2 heterocycles. The minimum atomic E-state index is -0.424. The van der Waals surface area contributed by atoms with Crippen molar-refractivity contribution in [1.29, 1.82) is 0 Å². The van der Waals surface area contributed by atoms with Crippen LogP contribution in [-0.2, 0) is 9.63 Å². The molecule has 1 aliphatic heterocycles. The van der Waals surface area contributed by atoms with Crippen LogP contribution in [0, 0.1) is 0 Å². The van der Waals surface area contributed by atoms with Gasteiger partial charge in [0.15, 0.2) is 0 Å². The molecule has 6 nitrogen and oxygen atoms in total. The molecule has 1 aliphatic rings. The summed E-state index contributed by atoms with van der Waals surface area (Å²) in [6.07, 6.45) is 0.674. The van der Waals surface area contributed by atoms with Crippen LogP contribution >= 0.6 is 0 Å². The Labute approximate surface area is 186 Å². The molecule has 4 aromatic rings. The van der Waals surface area contributed by atoms with Gasteiger partial charge in [0.25, 0.3) is 0 Å². The van der Waals surface area contributed by atoms with Crippen LogP contribution in [0.1, 0.15) is 23.5 Å². The molecular weight excluding hydrogens is 400 g/mol. The maximum absolute atomic E-state index is 14.5. The Morgan fingerprint density at radius 3 is 2.22 bits per heavy atom. The molecule has 0 bridgehead atoms. The summed E-state index contributed by atoms with van der Waals surface area (Å²) in [6, 6.07) is 27.8. The minimum Gasteiger partial charge on any atom is -0.399 e. The zero-order valence-corrected chi connectivity index (χ0v) is 17.9. The molecule has 6 heteroatoms. The van der Waals surface area contributed by atoms with E-state index in [0.29, 0.717) is 25.5 Å². The molecule has 5 rings (SSSR count). The molecule has 3 aromatic carbocycles. The Hall–Kier alpha value is -3.77. The van der Waals surface area contributed by atoms with E-state index in [1.54, 1.807) is 7.11 Å². The number of hydrogen-bond acceptors (Lipinski definition) is 4. The first-order chi connectivity index (χ1) is 15.7. The highest BCUT2D eigenvalue weighted by atomic mass is 16.6. The zero-order chi connectivity index (χ0) is 22.0. The van der Waals surface area contributed by atoms with Gasteiger partial charge in [0.05, 0.1) is 17.6 Å². The topological polar surface area (TPSA) is 67.3 Å². The fourth-order valence-corrected chi connectivity index (χ4v) is 4.62. The fraction of sp³-hybridized carbons (Fsp3) is 0.192. The number of para-hydroxylation sites is 2. The van der Waals surface area contributed by atoms with E-state index in [1.165, 1.54) is 0 Å². The summed E-state index contributed by atoms with van der Waals surface area (Å²) in [5.41, 5.74) is 4.56. The van der Waals surface area contributed by atoms with E-state index in [4.69, 9.17) is 9.82 Å². The van der Waals surface area contributed by atoms with Gasteiger partial charge < -0.3 is 4.84 Å². The summed E-state index contributed by atoms with van der Waals surface area (Å²) in [5.74, 6) is 0.296. The number of carbonyl (C=O) groups excluding carboxylic acids is 1. The van der Waals surface area contributed by atoms with Crippen LogP contribution < -0.4 is 4.48 Å². The summed E-state index contributed by atoms with van der Waals surface area (Å²) < 4.78 is 0.0747. The number of quaternary nitrogens is 1.